The number of hydrogen-bond donors (Lipinski definition) is 1. The topological polar surface area (TPSA) is 72.9 Å². The van der Waals surface area contributed by atoms with Gasteiger partial charge in [0, 0.05) is 12.4 Å². The summed E-state index contributed by atoms with van der Waals surface area (Å²) in [5.74, 6) is -1.22. The molecule has 0 aliphatic rings. The van der Waals surface area contributed by atoms with E-state index in [9.17, 15) is 22.0 Å². The van der Waals surface area contributed by atoms with Gasteiger partial charge < -0.3 is 5.32 Å². The zero-order valence-electron chi connectivity index (χ0n) is 11.2. The molecule has 122 valence electrons. The Hall–Kier alpha value is -2.79. The lowest BCUT2D eigenvalue weighted by Crippen LogP contribution is -2.14. The third-order valence-corrected chi connectivity index (χ3v) is 2.90. The summed E-state index contributed by atoms with van der Waals surface area (Å²) in [6.45, 7) is -2.90. The minimum absolute atomic E-state index is 0.0155. The van der Waals surface area contributed by atoms with Gasteiger partial charge in [0.15, 0.2) is 5.65 Å². The van der Waals surface area contributed by atoms with Gasteiger partial charge in [0.2, 0.25) is 0 Å². The number of halogens is 5. The molecule has 7 nitrogen and oxygen atoms in total. The maximum atomic E-state index is 12.8. The van der Waals surface area contributed by atoms with Crippen LogP contribution in [0.3, 0.4) is 0 Å². The Kier molecular flexibility index (Phi) is 3.58. The summed E-state index contributed by atoms with van der Waals surface area (Å²) in [7, 11) is 0. The van der Waals surface area contributed by atoms with Crippen molar-refractivity contribution in [3.05, 3.63) is 36.2 Å². The molecule has 1 N–H and O–H groups in total. The normalized spacial score (nSPS) is 12.3. The minimum atomic E-state index is -4.71. The van der Waals surface area contributed by atoms with E-state index in [2.05, 4.69) is 25.6 Å². The molecule has 3 aromatic heterocycles. The minimum Gasteiger partial charge on any atom is -0.361 e. The molecule has 12 heteroatoms. The number of alkyl halides is 5. The van der Waals surface area contributed by atoms with Crippen LogP contribution in [0.2, 0.25) is 0 Å². The largest absolute Gasteiger partial charge is 0.453 e. The predicted molar refractivity (Wildman–Crippen MR) is 66.6 cm³/mol. The lowest BCUT2D eigenvalue weighted by molar-refractivity contribution is -0.146. The predicted octanol–water partition coefficient (Wildman–Crippen LogP) is 2.35. The highest BCUT2D eigenvalue weighted by Gasteiger charge is 2.37. The SMILES string of the molecule is FC(F)n1ccnc1CNc1ccc2nnc(C(F)(F)F)n2n1. The number of anilines is 1. The van der Waals surface area contributed by atoms with Crippen molar-refractivity contribution in [3.63, 3.8) is 0 Å². The second-order valence-corrected chi connectivity index (χ2v) is 4.39. The van der Waals surface area contributed by atoms with E-state index >= 15 is 0 Å². The molecule has 3 rings (SSSR count). The second-order valence-electron chi connectivity index (χ2n) is 4.39. The third-order valence-electron chi connectivity index (χ3n) is 2.90. The van der Waals surface area contributed by atoms with Gasteiger partial charge in [0.05, 0.1) is 6.54 Å². The van der Waals surface area contributed by atoms with Gasteiger partial charge in [-0.2, -0.15) is 26.5 Å². The molecule has 0 spiro atoms. The van der Waals surface area contributed by atoms with Crippen molar-refractivity contribution >= 4 is 11.5 Å². The Morgan fingerprint density at radius 2 is 1.96 bits per heavy atom. The molecule has 0 aliphatic heterocycles. The summed E-state index contributed by atoms with van der Waals surface area (Å²) >= 11 is 0. The number of fused-ring (bicyclic) bond motifs is 1. The molecule has 3 heterocycles. The zero-order chi connectivity index (χ0) is 16.6. The molecule has 0 amide bonds. The highest BCUT2D eigenvalue weighted by Crippen LogP contribution is 2.27. The number of hydrogen-bond acceptors (Lipinski definition) is 5. The summed E-state index contributed by atoms with van der Waals surface area (Å²) in [4.78, 5) is 3.74. The molecular weight excluding hydrogens is 325 g/mol. The van der Waals surface area contributed by atoms with Gasteiger partial charge in [-0.25, -0.2) is 4.98 Å². The van der Waals surface area contributed by atoms with Crippen molar-refractivity contribution in [1.29, 1.82) is 0 Å². The monoisotopic (exact) mass is 333 g/mol. The van der Waals surface area contributed by atoms with Crippen molar-refractivity contribution in [2.45, 2.75) is 19.3 Å². The van der Waals surface area contributed by atoms with Crippen LogP contribution >= 0.6 is 0 Å². The molecule has 0 saturated heterocycles. The molecule has 0 radical (unpaired) electrons. The quantitative estimate of drug-likeness (QED) is 0.742. The number of aromatic nitrogens is 6. The van der Waals surface area contributed by atoms with Gasteiger partial charge in [-0.05, 0) is 12.1 Å². The summed E-state index contributed by atoms with van der Waals surface area (Å²) in [5.41, 5.74) is -0.0862. The summed E-state index contributed by atoms with van der Waals surface area (Å²) in [6, 6.07) is 2.64. The van der Waals surface area contributed by atoms with E-state index < -0.39 is 18.6 Å². The summed E-state index contributed by atoms with van der Waals surface area (Å²) in [5, 5.41) is 12.7. The van der Waals surface area contributed by atoms with E-state index in [1.54, 1.807) is 0 Å². The van der Waals surface area contributed by atoms with Crippen molar-refractivity contribution in [2.24, 2.45) is 0 Å². The van der Waals surface area contributed by atoms with E-state index in [4.69, 9.17) is 0 Å². The van der Waals surface area contributed by atoms with Crippen LogP contribution in [-0.2, 0) is 12.7 Å². The van der Waals surface area contributed by atoms with E-state index in [0.29, 0.717) is 9.08 Å². The van der Waals surface area contributed by atoms with Crippen LogP contribution in [0.5, 0.6) is 0 Å². The fourth-order valence-corrected chi connectivity index (χ4v) is 1.89. The van der Waals surface area contributed by atoms with Gasteiger partial charge >= 0.3 is 12.7 Å². The fraction of sp³-hybridized carbons (Fsp3) is 0.273. The fourth-order valence-electron chi connectivity index (χ4n) is 1.89. The average molecular weight is 333 g/mol. The highest BCUT2D eigenvalue weighted by molar-refractivity contribution is 5.44. The van der Waals surface area contributed by atoms with E-state index in [0.717, 1.165) is 6.20 Å². The van der Waals surface area contributed by atoms with Gasteiger partial charge in [-0.3, -0.25) is 4.57 Å². The highest BCUT2D eigenvalue weighted by atomic mass is 19.4. The van der Waals surface area contributed by atoms with Crippen LogP contribution in [0.4, 0.5) is 27.8 Å². The number of imidazole rings is 1. The smallest absolute Gasteiger partial charge is 0.361 e. The van der Waals surface area contributed by atoms with Gasteiger partial charge in [-0.15, -0.1) is 15.3 Å². The van der Waals surface area contributed by atoms with E-state index in [-0.39, 0.29) is 23.8 Å². The van der Waals surface area contributed by atoms with Crippen molar-refractivity contribution in [2.75, 3.05) is 5.32 Å². The molecule has 0 bridgehead atoms. The number of nitrogens with one attached hydrogen (secondary N) is 1. The van der Waals surface area contributed by atoms with Gasteiger partial charge in [-0.1, -0.05) is 0 Å². The van der Waals surface area contributed by atoms with Crippen LogP contribution in [0.15, 0.2) is 24.5 Å². The van der Waals surface area contributed by atoms with Gasteiger partial charge in [0.1, 0.15) is 11.6 Å². The Bertz CT molecular complexity index is 822. The van der Waals surface area contributed by atoms with E-state index in [1.807, 2.05) is 0 Å². The maximum absolute atomic E-state index is 12.8. The van der Waals surface area contributed by atoms with Crippen LogP contribution in [0.1, 0.15) is 18.2 Å². The molecule has 0 unspecified atom stereocenters. The Morgan fingerprint density at radius 3 is 2.65 bits per heavy atom. The zero-order valence-corrected chi connectivity index (χ0v) is 11.2. The second kappa shape index (κ2) is 5.44. The first kappa shape index (κ1) is 15.1. The maximum Gasteiger partial charge on any atom is 0.453 e. The van der Waals surface area contributed by atoms with Crippen molar-refractivity contribution in [3.8, 4) is 0 Å². The third kappa shape index (κ3) is 2.91. The average Bonchev–Trinajstić information content (AvgIpc) is 3.10. The first-order chi connectivity index (χ1) is 10.9. The van der Waals surface area contributed by atoms with Gasteiger partial charge in [0.25, 0.3) is 5.82 Å². The molecule has 0 fully saturated rings. The standard InChI is InChI=1S/C11H8F5N7/c12-10(13)22-4-3-17-8(22)5-18-6-1-2-7-19-20-9(11(14,15)16)23(7)21-6/h1-4,10H,5H2,(H,18,21). The van der Waals surface area contributed by atoms with E-state index in [1.165, 1.54) is 18.3 Å². The van der Waals surface area contributed by atoms with Crippen molar-refractivity contribution in [1.82, 2.24) is 29.4 Å². The summed E-state index contributed by atoms with van der Waals surface area (Å²) < 4.78 is 64.8. The molecule has 3 aromatic rings. The lowest BCUT2D eigenvalue weighted by atomic mass is 10.5. The lowest BCUT2D eigenvalue weighted by Gasteiger charge is -2.09. The first-order valence-electron chi connectivity index (χ1n) is 6.19. The molecule has 0 atom stereocenters. The molecular formula is C11H8F5N7. The number of rotatable bonds is 4. The molecule has 0 saturated carbocycles. The first-order valence-corrected chi connectivity index (χ1v) is 6.19. The number of nitrogens with zero attached hydrogens (tertiary/aromatic N) is 6. The van der Waals surface area contributed by atoms with Crippen LogP contribution < -0.4 is 5.32 Å². The van der Waals surface area contributed by atoms with Crippen LogP contribution in [-0.4, -0.2) is 29.4 Å². The Morgan fingerprint density at radius 1 is 1.17 bits per heavy atom. The Labute approximate surface area is 124 Å². The molecule has 23 heavy (non-hydrogen) atoms. The molecule has 0 aromatic carbocycles. The van der Waals surface area contributed by atoms with Crippen LogP contribution in [0.25, 0.3) is 5.65 Å². The molecule has 0 aliphatic carbocycles. The summed E-state index contributed by atoms with van der Waals surface area (Å²) in [6.07, 6.45) is -2.42. The van der Waals surface area contributed by atoms with Crippen LogP contribution in [0, 0.1) is 0 Å². The Balaban J connectivity index is 1.85. The van der Waals surface area contributed by atoms with Crippen molar-refractivity contribution < 1.29 is 22.0 Å².